The molecule has 0 spiro atoms. The fourth-order valence-electron chi connectivity index (χ4n) is 0.890. The van der Waals surface area contributed by atoms with Gasteiger partial charge in [0.25, 0.3) is 11.7 Å². The molecule has 0 aliphatic carbocycles. The normalized spacial score (nSPS) is 10.4. The molecule has 1 aromatic heterocycles. The maximum Gasteiger partial charge on any atom is 0.270 e. The zero-order valence-electron chi connectivity index (χ0n) is 7.13. The minimum atomic E-state index is -2.70. The number of carbonyl (C=O) groups is 1. The first-order valence-electron chi connectivity index (χ1n) is 3.59. The van der Waals surface area contributed by atoms with E-state index in [0.29, 0.717) is 0 Å². The van der Waals surface area contributed by atoms with Crippen LogP contribution in [0, 0.1) is 0 Å². The lowest BCUT2D eigenvalue weighted by molar-refractivity contribution is 0.107. The van der Waals surface area contributed by atoms with Crippen LogP contribution in [0.4, 0.5) is 8.78 Å². The van der Waals surface area contributed by atoms with E-state index in [2.05, 4.69) is 9.72 Å². The highest BCUT2D eigenvalue weighted by atomic mass is 35.5. The van der Waals surface area contributed by atoms with Crippen molar-refractivity contribution in [1.29, 1.82) is 0 Å². The molecular weight excluding hydrogens is 216 g/mol. The average molecular weight is 222 g/mol. The molecule has 0 unspecified atom stereocenters. The highest BCUT2D eigenvalue weighted by molar-refractivity contribution is 6.67. The summed E-state index contributed by atoms with van der Waals surface area (Å²) in [5.74, 6) is -0.286. The van der Waals surface area contributed by atoms with Crippen LogP contribution in [0.25, 0.3) is 0 Å². The highest BCUT2D eigenvalue weighted by Gasteiger charge is 2.17. The van der Waals surface area contributed by atoms with Gasteiger partial charge in [-0.25, -0.2) is 13.8 Å². The van der Waals surface area contributed by atoms with Crippen molar-refractivity contribution in [1.82, 2.24) is 4.98 Å². The van der Waals surface area contributed by atoms with Crippen LogP contribution in [0.15, 0.2) is 12.1 Å². The van der Waals surface area contributed by atoms with Crippen molar-refractivity contribution in [2.75, 3.05) is 7.11 Å². The summed E-state index contributed by atoms with van der Waals surface area (Å²) in [5, 5.41) is -0.816. The fourth-order valence-corrected chi connectivity index (χ4v) is 0.996. The van der Waals surface area contributed by atoms with Crippen LogP contribution in [-0.4, -0.2) is 17.3 Å². The molecule has 0 radical (unpaired) electrons. The van der Waals surface area contributed by atoms with Gasteiger partial charge in [0.05, 0.1) is 12.7 Å². The maximum atomic E-state index is 12.3. The van der Waals surface area contributed by atoms with Crippen LogP contribution < -0.4 is 4.74 Å². The average Bonchev–Trinajstić information content (AvgIpc) is 2.16. The Labute approximate surface area is 83.7 Å². The van der Waals surface area contributed by atoms with Crippen LogP contribution in [-0.2, 0) is 0 Å². The van der Waals surface area contributed by atoms with Gasteiger partial charge in [0.1, 0.15) is 5.69 Å². The van der Waals surface area contributed by atoms with Crippen molar-refractivity contribution in [3.63, 3.8) is 0 Å². The predicted molar refractivity (Wildman–Crippen MR) is 45.9 cm³/mol. The molecule has 0 aliphatic heterocycles. The van der Waals surface area contributed by atoms with Gasteiger partial charge in [0.2, 0.25) is 5.88 Å². The number of alkyl halides is 2. The van der Waals surface area contributed by atoms with E-state index in [1.54, 1.807) is 0 Å². The van der Waals surface area contributed by atoms with Gasteiger partial charge in [-0.2, -0.15) is 0 Å². The van der Waals surface area contributed by atoms with Gasteiger partial charge < -0.3 is 4.74 Å². The Kier molecular flexibility index (Phi) is 3.35. The third kappa shape index (κ3) is 2.17. The SMILES string of the molecule is COc1nc(C(=O)Cl)ccc1C(F)F. The Hall–Kier alpha value is -1.23. The van der Waals surface area contributed by atoms with Gasteiger partial charge in [-0.3, -0.25) is 4.79 Å². The van der Waals surface area contributed by atoms with E-state index in [0.717, 1.165) is 12.1 Å². The van der Waals surface area contributed by atoms with Gasteiger partial charge in [0, 0.05) is 0 Å². The van der Waals surface area contributed by atoms with Gasteiger partial charge in [-0.1, -0.05) is 0 Å². The second-order valence-electron chi connectivity index (χ2n) is 2.37. The lowest BCUT2D eigenvalue weighted by atomic mass is 10.2. The molecule has 0 aromatic carbocycles. The van der Waals surface area contributed by atoms with Crippen molar-refractivity contribution in [3.8, 4) is 5.88 Å². The largest absolute Gasteiger partial charge is 0.481 e. The quantitative estimate of drug-likeness (QED) is 0.736. The van der Waals surface area contributed by atoms with E-state index in [1.165, 1.54) is 7.11 Å². The summed E-state index contributed by atoms with van der Waals surface area (Å²) in [6, 6.07) is 2.19. The minimum absolute atomic E-state index is 0.118. The first-order valence-corrected chi connectivity index (χ1v) is 3.97. The van der Waals surface area contributed by atoms with E-state index in [-0.39, 0.29) is 17.1 Å². The van der Waals surface area contributed by atoms with Crippen molar-refractivity contribution >= 4 is 16.8 Å². The predicted octanol–water partition coefficient (Wildman–Crippen LogP) is 2.41. The number of ether oxygens (including phenoxy) is 1. The number of nitrogens with zero attached hydrogens (tertiary/aromatic N) is 1. The minimum Gasteiger partial charge on any atom is -0.481 e. The summed E-state index contributed by atoms with van der Waals surface area (Å²) in [7, 11) is 1.19. The van der Waals surface area contributed by atoms with Crippen LogP contribution in [0.2, 0.25) is 0 Å². The van der Waals surface area contributed by atoms with Gasteiger partial charge in [-0.15, -0.1) is 0 Å². The van der Waals surface area contributed by atoms with E-state index in [4.69, 9.17) is 11.6 Å². The molecule has 0 fully saturated rings. The Morgan fingerprint density at radius 1 is 1.57 bits per heavy atom. The number of halogens is 3. The second kappa shape index (κ2) is 4.32. The lowest BCUT2D eigenvalue weighted by Gasteiger charge is -2.06. The smallest absolute Gasteiger partial charge is 0.270 e. The summed E-state index contributed by atoms with van der Waals surface area (Å²) in [5.41, 5.74) is -0.484. The van der Waals surface area contributed by atoms with Gasteiger partial charge >= 0.3 is 0 Å². The molecule has 14 heavy (non-hydrogen) atoms. The molecule has 0 saturated carbocycles. The van der Waals surface area contributed by atoms with E-state index in [9.17, 15) is 13.6 Å². The van der Waals surface area contributed by atoms with Crippen molar-refractivity contribution < 1.29 is 18.3 Å². The standard InChI is InChI=1S/C8H6ClF2NO2/c1-14-8-4(7(10)11)2-3-5(12-8)6(9)13/h2-3,7H,1H3. The molecule has 1 aromatic rings. The Bertz CT molecular complexity index is 357. The zero-order valence-corrected chi connectivity index (χ0v) is 7.89. The Morgan fingerprint density at radius 2 is 2.21 bits per heavy atom. The number of pyridine rings is 1. The number of hydrogen-bond donors (Lipinski definition) is 0. The molecule has 0 saturated heterocycles. The van der Waals surface area contributed by atoms with Crippen LogP contribution in [0.1, 0.15) is 22.5 Å². The summed E-state index contributed by atoms with van der Waals surface area (Å²) in [6.45, 7) is 0. The summed E-state index contributed by atoms with van der Waals surface area (Å²) < 4.78 is 29.2. The molecule has 0 bridgehead atoms. The van der Waals surface area contributed by atoms with Crippen LogP contribution in [0.3, 0.4) is 0 Å². The third-order valence-corrected chi connectivity index (χ3v) is 1.71. The molecule has 3 nitrogen and oxygen atoms in total. The number of methoxy groups -OCH3 is 1. The summed E-state index contributed by atoms with van der Waals surface area (Å²) in [4.78, 5) is 14.2. The molecule has 1 heterocycles. The van der Waals surface area contributed by atoms with Crippen LogP contribution >= 0.6 is 11.6 Å². The van der Waals surface area contributed by atoms with Gasteiger partial charge in [0.15, 0.2) is 0 Å². The molecular formula is C8H6ClF2NO2. The molecule has 1 rings (SSSR count). The molecule has 0 N–H and O–H groups in total. The molecule has 0 amide bonds. The van der Waals surface area contributed by atoms with E-state index in [1.807, 2.05) is 0 Å². The van der Waals surface area contributed by atoms with E-state index >= 15 is 0 Å². The molecule has 0 aliphatic rings. The van der Waals surface area contributed by atoms with Gasteiger partial charge in [-0.05, 0) is 23.7 Å². The van der Waals surface area contributed by atoms with E-state index < -0.39 is 11.7 Å². The summed E-state index contributed by atoms with van der Waals surface area (Å²) >= 11 is 5.12. The topological polar surface area (TPSA) is 39.2 Å². The van der Waals surface area contributed by atoms with Crippen molar-refractivity contribution in [2.24, 2.45) is 0 Å². The number of rotatable bonds is 3. The van der Waals surface area contributed by atoms with Crippen LogP contribution in [0.5, 0.6) is 5.88 Å². The number of aromatic nitrogens is 1. The number of carbonyl (C=O) groups excluding carboxylic acids is 1. The fraction of sp³-hybridized carbons (Fsp3) is 0.250. The molecule has 6 heteroatoms. The second-order valence-corrected chi connectivity index (χ2v) is 2.71. The van der Waals surface area contributed by atoms with Crippen molar-refractivity contribution in [2.45, 2.75) is 6.43 Å². The Morgan fingerprint density at radius 3 is 2.64 bits per heavy atom. The summed E-state index contributed by atoms with van der Waals surface area (Å²) in [6.07, 6.45) is -2.70. The molecule has 76 valence electrons. The zero-order chi connectivity index (χ0) is 10.7. The highest BCUT2D eigenvalue weighted by Crippen LogP contribution is 2.27. The molecule has 0 atom stereocenters. The Balaban J connectivity index is 3.18. The monoisotopic (exact) mass is 221 g/mol. The third-order valence-electron chi connectivity index (χ3n) is 1.52. The number of hydrogen-bond acceptors (Lipinski definition) is 3. The maximum absolute atomic E-state index is 12.3. The lowest BCUT2D eigenvalue weighted by Crippen LogP contribution is -2.01. The van der Waals surface area contributed by atoms with Crippen molar-refractivity contribution in [3.05, 3.63) is 23.4 Å². The first kappa shape index (κ1) is 10.8. The first-order chi connectivity index (χ1) is 6.56.